The molecule has 0 fully saturated rings. The van der Waals surface area contributed by atoms with Crippen LogP contribution < -0.4 is 4.72 Å². The molecule has 2 aromatic carbocycles. The largest absolute Gasteiger partial charge is 0.508 e. The lowest BCUT2D eigenvalue weighted by atomic mass is 10.1. The highest BCUT2D eigenvalue weighted by atomic mass is 32.2. The second-order valence-corrected chi connectivity index (χ2v) is 8.51. The molecule has 32 heavy (non-hydrogen) atoms. The fraction of sp³-hybridized carbons (Fsp3) is 0.0952. The number of aromatic nitrogens is 2. The van der Waals surface area contributed by atoms with Gasteiger partial charge in [0, 0.05) is 23.5 Å². The Morgan fingerprint density at radius 3 is 2.22 bits per heavy atom. The van der Waals surface area contributed by atoms with Crippen LogP contribution >= 0.6 is 0 Å². The molecular weight excluding hydrogens is 434 g/mol. The van der Waals surface area contributed by atoms with Gasteiger partial charge in [0.1, 0.15) is 18.1 Å². The second-order valence-electron chi connectivity index (χ2n) is 6.83. The number of phenolic OH excluding ortho intramolecular Hbond substituents is 1. The number of hydrogen-bond acceptors (Lipinski definition) is 8. The smallest absolute Gasteiger partial charge is 0.264 e. The van der Waals surface area contributed by atoms with E-state index in [1.165, 1.54) is 65.8 Å². The van der Waals surface area contributed by atoms with E-state index in [0.29, 0.717) is 5.56 Å². The predicted octanol–water partition coefficient (Wildman–Crippen LogP) is 1.72. The maximum absolute atomic E-state index is 12.8. The van der Waals surface area contributed by atoms with Gasteiger partial charge in [0.05, 0.1) is 11.4 Å². The molecule has 1 aliphatic rings. The minimum Gasteiger partial charge on any atom is -0.508 e. The number of sulfonamides is 1. The van der Waals surface area contributed by atoms with Crippen molar-refractivity contribution in [1.82, 2.24) is 14.9 Å². The number of aromatic hydroxyl groups is 1. The van der Waals surface area contributed by atoms with Crippen molar-refractivity contribution in [2.45, 2.75) is 4.90 Å². The zero-order chi connectivity index (χ0) is 22.7. The topological polar surface area (TPSA) is 142 Å². The quantitative estimate of drug-likeness (QED) is 0.543. The van der Waals surface area contributed by atoms with Gasteiger partial charge in [0.2, 0.25) is 11.7 Å². The zero-order valence-corrected chi connectivity index (χ0v) is 17.4. The fourth-order valence-electron chi connectivity index (χ4n) is 3.00. The lowest BCUT2D eigenvalue weighted by Gasteiger charge is -2.14. The summed E-state index contributed by atoms with van der Waals surface area (Å²) >= 11 is 0. The van der Waals surface area contributed by atoms with Crippen molar-refractivity contribution < 1.29 is 23.1 Å². The number of amides is 1. The number of carbonyl (C=O) groups is 2. The molecular formula is C21H17N5O5S. The van der Waals surface area contributed by atoms with Crippen LogP contribution in [0.5, 0.6) is 5.75 Å². The third-order valence-corrected chi connectivity index (χ3v) is 6.00. The molecule has 0 saturated heterocycles. The van der Waals surface area contributed by atoms with Crippen LogP contribution in [0.25, 0.3) is 0 Å². The summed E-state index contributed by atoms with van der Waals surface area (Å²) in [4.78, 5) is 38.5. The SMILES string of the molecule is O=C(C1=NCN(C(=O)c2ccc(O)cc2)C1)c1ccc(S(=O)(=O)Nc2ncccn2)cc1. The van der Waals surface area contributed by atoms with Crippen molar-refractivity contribution in [2.75, 3.05) is 17.9 Å². The minimum absolute atomic E-state index is 0.0332. The summed E-state index contributed by atoms with van der Waals surface area (Å²) in [6.45, 7) is 0.0692. The summed E-state index contributed by atoms with van der Waals surface area (Å²) in [5.41, 5.74) is 0.817. The number of anilines is 1. The lowest BCUT2D eigenvalue weighted by Crippen LogP contribution is -2.32. The Balaban J connectivity index is 1.43. The van der Waals surface area contributed by atoms with Crippen molar-refractivity contribution >= 4 is 33.4 Å². The summed E-state index contributed by atoms with van der Waals surface area (Å²) < 4.78 is 27.2. The van der Waals surface area contributed by atoms with Crippen LogP contribution in [0.15, 0.2) is 76.9 Å². The van der Waals surface area contributed by atoms with Gasteiger partial charge in [-0.1, -0.05) is 0 Å². The fourth-order valence-corrected chi connectivity index (χ4v) is 3.96. The van der Waals surface area contributed by atoms with Crippen LogP contribution in [0.3, 0.4) is 0 Å². The van der Waals surface area contributed by atoms with E-state index in [2.05, 4.69) is 19.7 Å². The Kier molecular flexibility index (Phi) is 5.65. The molecule has 3 aromatic rings. The number of phenols is 1. The molecule has 0 spiro atoms. The van der Waals surface area contributed by atoms with Crippen LogP contribution in [0, 0.1) is 0 Å². The van der Waals surface area contributed by atoms with Gasteiger partial charge in [-0.15, -0.1) is 0 Å². The standard InChI is InChI=1S/C21H17N5O5S/c27-16-6-2-15(3-7-16)20(29)26-12-18(24-13-26)19(28)14-4-8-17(9-5-14)32(30,31)25-21-22-10-1-11-23-21/h1-11,27H,12-13H2,(H,22,23,25). The molecule has 0 bridgehead atoms. The summed E-state index contributed by atoms with van der Waals surface area (Å²) in [6, 6.07) is 12.7. The molecule has 1 aliphatic heterocycles. The minimum atomic E-state index is -3.92. The Morgan fingerprint density at radius 1 is 0.938 bits per heavy atom. The highest BCUT2D eigenvalue weighted by Gasteiger charge is 2.27. The summed E-state index contributed by atoms with van der Waals surface area (Å²) in [7, 11) is -3.92. The third kappa shape index (κ3) is 4.47. The van der Waals surface area contributed by atoms with Gasteiger partial charge in [-0.05, 0) is 54.6 Å². The number of hydrogen-bond donors (Lipinski definition) is 2. The molecule has 0 aliphatic carbocycles. The van der Waals surface area contributed by atoms with Crippen LogP contribution in [-0.2, 0) is 10.0 Å². The Labute approximate surface area is 183 Å². The average molecular weight is 451 g/mol. The number of Topliss-reactive ketones (excluding diaryl/α,β-unsaturated/α-hetero) is 1. The van der Waals surface area contributed by atoms with Gasteiger partial charge in [0.15, 0.2) is 0 Å². The number of rotatable bonds is 6. The van der Waals surface area contributed by atoms with E-state index >= 15 is 0 Å². The number of aliphatic imine (C=N–C) groups is 1. The van der Waals surface area contributed by atoms with Gasteiger partial charge in [-0.2, -0.15) is 0 Å². The molecule has 2 N–H and O–H groups in total. The molecule has 10 nitrogen and oxygen atoms in total. The molecule has 4 rings (SSSR count). The molecule has 0 saturated carbocycles. The molecule has 0 atom stereocenters. The van der Waals surface area contributed by atoms with Crippen molar-refractivity contribution in [1.29, 1.82) is 0 Å². The van der Waals surface area contributed by atoms with E-state index < -0.39 is 15.8 Å². The Bertz CT molecular complexity index is 1290. The van der Waals surface area contributed by atoms with Gasteiger partial charge >= 0.3 is 0 Å². The van der Waals surface area contributed by atoms with Crippen LogP contribution in [0.2, 0.25) is 0 Å². The summed E-state index contributed by atoms with van der Waals surface area (Å²) in [6.07, 6.45) is 2.81. The van der Waals surface area contributed by atoms with Gasteiger partial charge in [-0.25, -0.2) is 23.1 Å². The number of carbonyl (C=O) groups excluding carboxylic acids is 2. The molecule has 1 aromatic heterocycles. The Hall–Kier alpha value is -4.12. The Morgan fingerprint density at radius 2 is 1.56 bits per heavy atom. The van der Waals surface area contributed by atoms with E-state index in [0.717, 1.165) is 0 Å². The summed E-state index contributed by atoms with van der Waals surface area (Å²) in [5.74, 6) is -0.722. The number of benzene rings is 2. The number of nitrogens with one attached hydrogen (secondary N) is 1. The van der Waals surface area contributed by atoms with E-state index in [4.69, 9.17) is 0 Å². The molecule has 0 unspecified atom stereocenters. The zero-order valence-electron chi connectivity index (χ0n) is 16.5. The molecule has 11 heteroatoms. The highest BCUT2D eigenvalue weighted by Crippen LogP contribution is 2.17. The van der Waals surface area contributed by atoms with E-state index in [1.807, 2.05) is 0 Å². The number of nitrogens with zero attached hydrogens (tertiary/aromatic N) is 4. The molecule has 162 valence electrons. The summed E-state index contributed by atoms with van der Waals surface area (Å²) in [5, 5.41) is 9.35. The molecule has 1 amide bonds. The maximum Gasteiger partial charge on any atom is 0.264 e. The van der Waals surface area contributed by atoms with E-state index in [1.54, 1.807) is 6.07 Å². The van der Waals surface area contributed by atoms with E-state index in [9.17, 15) is 23.1 Å². The molecule has 0 radical (unpaired) electrons. The number of ketones is 1. The first kappa shape index (κ1) is 21.1. The maximum atomic E-state index is 12.8. The molecule has 2 heterocycles. The van der Waals surface area contributed by atoms with Crippen molar-refractivity contribution in [3.8, 4) is 5.75 Å². The van der Waals surface area contributed by atoms with Crippen molar-refractivity contribution in [3.63, 3.8) is 0 Å². The van der Waals surface area contributed by atoms with Crippen LogP contribution in [0.4, 0.5) is 5.95 Å². The van der Waals surface area contributed by atoms with Gasteiger partial charge in [-0.3, -0.25) is 14.6 Å². The van der Waals surface area contributed by atoms with Crippen molar-refractivity contribution in [3.05, 3.63) is 78.1 Å². The van der Waals surface area contributed by atoms with E-state index in [-0.39, 0.29) is 47.0 Å². The highest BCUT2D eigenvalue weighted by molar-refractivity contribution is 7.92. The van der Waals surface area contributed by atoms with Crippen LogP contribution in [-0.4, -0.2) is 59.0 Å². The first-order chi connectivity index (χ1) is 15.3. The van der Waals surface area contributed by atoms with Crippen molar-refractivity contribution in [2.24, 2.45) is 4.99 Å². The second kappa shape index (κ2) is 8.55. The normalized spacial score (nSPS) is 13.5. The lowest BCUT2D eigenvalue weighted by molar-refractivity contribution is 0.0795. The van der Waals surface area contributed by atoms with Crippen LogP contribution in [0.1, 0.15) is 20.7 Å². The third-order valence-electron chi connectivity index (χ3n) is 4.65. The average Bonchev–Trinajstić information content (AvgIpc) is 3.29. The first-order valence-corrected chi connectivity index (χ1v) is 10.9. The monoisotopic (exact) mass is 451 g/mol. The first-order valence-electron chi connectivity index (χ1n) is 9.40. The van der Waals surface area contributed by atoms with Gasteiger partial charge in [0.25, 0.3) is 15.9 Å². The predicted molar refractivity (Wildman–Crippen MR) is 115 cm³/mol. The van der Waals surface area contributed by atoms with Gasteiger partial charge < -0.3 is 10.0 Å².